The van der Waals surface area contributed by atoms with Gasteiger partial charge in [0, 0.05) is 37.6 Å². The van der Waals surface area contributed by atoms with Gasteiger partial charge in [0.1, 0.15) is 12.0 Å². The molecule has 0 spiro atoms. The number of benzene rings is 2. The third-order valence-electron chi connectivity index (χ3n) is 6.78. The molecule has 2 aromatic heterocycles. The largest absolute Gasteiger partial charge is 0.493 e. The quantitative estimate of drug-likeness (QED) is 0.368. The Morgan fingerprint density at radius 2 is 2.00 bits per heavy atom. The number of nitrogens with zero attached hydrogens (tertiary/aromatic N) is 4. The van der Waals surface area contributed by atoms with Crippen LogP contribution in [0.3, 0.4) is 0 Å². The van der Waals surface area contributed by atoms with Crippen LogP contribution in [0.1, 0.15) is 45.2 Å². The van der Waals surface area contributed by atoms with Crippen LogP contribution >= 0.6 is 0 Å². The van der Waals surface area contributed by atoms with Gasteiger partial charge in [-0.25, -0.2) is 4.79 Å². The molecule has 196 valence electrons. The van der Waals surface area contributed by atoms with E-state index in [0.29, 0.717) is 43.2 Å². The topological polar surface area (TPSA) is 103 Å². The van der Waals surface area contributed by atoms with Gasteiger partial charge in [0.25, 0.3) is 0 Å². The molecule has 9 nitrogen and oxygen atoms in total. The first-order valence-corrected chi connectivity index (χ1v) is 12.6. The summed E-state index contributed by atoms with van der Waals surface area (Å²) in [7, 11) is 1.64. The van der Waals surface area contributed by atoms with Gasteiger partial charge >= 0.3 is 6.03 Å². The van der Waals surface area contributed by atoms with Gasteiger partial charge in [-0.2, -0.15) is 0 Å². The third kappa shape index (κ3) is 5.46. The third-order valence-corrected chi connectivity index (χ3v) is 6.78. The number of hydrogen-bond donors (Lipinski definition) is 1. The summed E-state index contributed by atoms with van der Waals surface area (Å²) in [6.07, 6.45) is 7.87. The smallest absolute Gasteiger partial charge is 0.318 e. The number of rotatable bonds is 8. The first-order valence-electron chi connectivity index (χ1n) is 12.6. The molecule has 0 aliphatic carbocycles. The second kappa shape index (κ2) is 11.3. The molecule has 5 rings (SSSR count). The fourth-order valence-electron chi connectivity index (χ4n) is 4.91. The highest BCUT2D eigenvalue weighted by atomic mass is 16.5. The lowest BCUT2D eigenvalue weighted by molar-refractivity contribution is 0.179. The van der Waals surface area contributed by atoms with Crippen LogP contribution in [0.25, 0.3) is 0 Å². The minimum Gasteiger partial charge on any atom is -0.493 e. The lowest BCUT2D eigenvalue weighted by Crippen LogP contribution is -2.46. The monoisotopic (exact) mass is 513 g/mol. The lowest BCUT2D eigenvalue weighted by Gasteiger charge is -2.38. The molecule has 1 aliphatic heterocycles. The average Bonchev–Trinajstić information content (AvgIpc) is 3.45. The van der Waals surface area contributed by atoms with Crippen LogP contribution in [0.5, 0.6) is 11.5 Å². The molecule has 1 atom stereocenters. The highest BCUT2D eigenvalue weighted by Crippen LogP contribution is 2.42. The Hall–Kier alpha value is -4.40. The number of nitrogens with one attached hydrogen (secondary N) is 1. The van der Waals surface area contributed by atoms with Gasteiger partial charge in [0.05, 0.1) is 32.0 Å². The van der Waals surface area contributed by atoms with E-state index in [9.17, 15) is 4.79 Å². The Balaban J connectivity index is 1.47. The van der Waals surface area contributed by atoms with Gasteiger partial charge in [-0.15, -0.1) is 0 Å². The summed E-state index contributed by atoms with van der Waals surface area (Å²) in [4.78, 5) is 23.8. The summed E-state index contributed by atoms with van der Waals surface area (Å²) in [6.45, 7) is 5.43. The van der Waals surface area contributed by atoms with Crippen molar-refractivity contribution in [2.24, 2.45) is 0 Å². The zero-order valence-corrected chi connectivity index (χ0v) is 21.8. The Labute approximate surface area is 221 Å². The summed E-state index contributed by atoms with van der Waals surface area (Å²) >= 11 is 0. The zero-order valence-electron chi connectivity index (χ0n) is 21.8. The van der Waals surface area contributed by atoms with Crippen molar-refractivity contribution in [2.45, 2.75) is 39.3 Å². The van der Waals surface area contributed by atoms with Crippen molar-refractivity contribution in [2.75, 3.05) is 20.3 Å². The molecule has 1 aliphatic rings. The molecule has 9 heteroatoms. The van der Waals surface area contributed by atoms with E-state index in [1.807, 2.05) is 17.0 Å². The van der Waals surface area contributed by atoms with E-state index < -0.39 is 0 Å². The van der Waals surface area contributed by atoms with Crippen molar-refractivity contribution < 1.29 is 18.8 Å². The zero-order chi connectivity index (χ0) is 26.5. The SMILES string of the molecule is COc1cc2c(cc1OCCc1cnccn1)C(c1ccc(C)cc1C)N(C(=O)NCc1ccon1)CC2. The Bertz CT molecular complexity index is 1390. The van der Waals surface area contributed by atoms with E-state index in [1.54, 1.807) is 31.8 Å². The summed E-state index contributed by atoms with van der Waals surface area (Å²) in [5.41, 5.74) is 7.05. The van der Waals surface area contributed by atoms with Gasteiger partial charge < -0.3 is 24.2 Å². The number of carbonyl (C=O) groups excluding carboxylic acids is 1. The van der Waals surface area contributed by atoms with Gasteiger partial charge in [-0.05, 0) is 54.7 Å². The summed E-state index contributed by atoms with van der Waals surface area (Å²) in [6, 6.07) is 11.7. The molecule has 0 bridgehead atoms. The molecule has 3 heterocycles. The van der Waals surface area contributed by atoms with Crippen LogP contribution in [0.2, 0.25) is 0 Å². The van der Waals surface area contributed by atoms with Crippen molar-refractivity contribution in [1.82, 2.24) is 25.3 Å². The Morgan fingerprint density at radius 3 is 2.74 bits per heavy atom. The van der Waals surface area contributed by atoms with E-state index in [0.717, 1.165) is 27.9 Å². The number of carbonyl (C=O) groups is 1. The number of hydrogen-bond acceptors (Lipinski definition) is 7. The maximum absolute atomic E-state index is 13.5. The van der Waals surface area contributed by atoms with Gasteiger partial charge in [0.2, 0.25) is 0 Å². The van der Waals surface area contributed by atoms with Crippen molar-refractivity contribution in [3.05, 3.63) is 100 Å². The van der Waals surface area contributed by atoms with Crippen LogP contribution in [0, 0.1) is 13.8 Å². The first kappa shape index (κ1) is 25.3. The molecule has 0 fully saturated rings. The number of fused-ring (bicyclic) bond motifs is 1. The lowest BCUT2D eigenvalue weighted by atomic mass is 9.85. The second-order valence-electron chi connectivity index (χ2n) is 9.35. The van der Waals surface area contributed by atoms with Crippen molar-refractivity contribution >= 4 is 6.03 Å². The summed E-state index contributed by atoms with van der Waals surface area (Å²) in [5, 5.41) is 6.91. The molecule has 4 aromatic rings. The summed E-state index contributed by atoms with van der Waals surface area (Å²) < 4.78 is 16.8. The van der Waals surface area contributed by atoms with Crippen molar-refractivity contribution in [3.8, 4) is 11.5 Å². The summed E-state index contributed by atoms with van der Waals surface area (Å²) in [5.74, 6) is 1.31. The average molecular weight is 514 g/mol. The molecule has 1 unspecified atom stereocenters. The predicted molar refractivity (Wildman–Crippen MR) is 141 cm³/mol. The van der Waals surface area contributed by atoms with E-state index in [-0.39, 0.29) is 18.6 Å². The normalized spacial score (nSPS) is 14.6. The van der Waals surface area contributed by atoms with E-state index >= 15 is 0 Å². The van der Waals surface area contributed by atoms with E-state index in [2.05, 4.69) is 52.5 Å². The van der Waals surface area contributed by atoms with E-state index in [1.165, 1.54) is 11.8 Å². The Morgan fingerprint density at radius 1 is 1.11 bits per heavy atom. The minimum atomic E-state index is -0.287. The molecule has 2 amide bonds. The van der Waals surface area contributed by atoms with Gasteiger partial charge in [-0.1, -0.05) is 28.9 Å². The highest BCUT2D eigenvalue weighted by molar-refractivity contribution is 5.76. The van der Waals surface area contributed by atoms with Crippen LogP contribution in [-0.2, 0) is 19.4 Å². The molecule has 0 saturated heterocycles. The van der Waals surface area contributed by atoms with Gasteiger partial charge in [-0.3, -0.25) is 9.97 Å². The number of methoxy groups -OCH3 is 1. The van der Waals surface area contributed by atoms with Crippen LogP contribution < -0.4 is 14.8 Å². The fourth-order valence-corrected chi connectivity index (χ4v) is 4.91. The van der Waals surface area contributed by atoms with Crippen LogP contribution in [0.15, 0.2) is 65.8 Å². The fraction of sp³-hybridized carbons (Fsp3) is 0.310. The molecule has 0 saturated carbocycles. The standard InChI is InChI=1S/C29H31N5O4/c1-19-4-5-24(20(2)14-19)28-25-16-27(37-12-7-22-17-30-9-10-31-22)26(36-3)15-21(25)6-11-34(28)29(35)32-18-23-8-13-38-33-23/h4-5,8-10,13-17,28H,6-7,11-12,18H2,1-3H3,(H,32,35). The molecule has 1 N–H and O–H groups in total. The number of aromatic nitrogens is 3. The highest BCUT2D eigenvalue weighted by Gasteiger charge is 2.34. The van der Waals surface area contributed by atoms with Crippen LogP contribution in [-0.4, -0.2) is 46.3 Å². The minimum absolute atomic E-state index is 0.162. The molecule has 2 aromatic carbocycles. The predicted octanol–water partition coefficient (Wildman–Crippen LogP) is 4.57. The molecule has 0 radical (unpaired) electrons. The van der Waals surface area contributed by atoms with Crippen molar-refractivity contribution in [1.29, 1.82) is 0 Å². The van der Waals surface area contributed by atoms with Crippen molar-refractivity contribution in [3.63, 3.8) is 0 Å². The maximum Gasteiger partial charge on any atom is 0.318 e. The Kier molecular flexibility index (Phi) is 7.53. The van der Waals surface area contributed by atoms with Crippen LogP contribution in [0.4, 0.5) is 4.79 Å². The van der Waals surface area contributed by atoms with Gasteiger partial charge in [0.15, 0.2) is 11.5 Å². The number of aryl methyl sites for hydroxylation is 2. The number of ether oxygens (including phenoxy) is 2. The molecule has 38 heavy (non-hydrogen) atoms. The number of urea groups is 1. The molecular formula is C29H31N5O4. The first-order chi connectivity index (χ1) is 18.5. The maximum atomic E-state index is 13.5. The van der Waals surface area contributed by atoms with E-state index in [4.69, 9.17) is 14.0 Å². The second-order valence-corrected chi connectivity index (χ2v) is 9.35. The molecular weight excluding hydrogens is 482 g/mol. The number of amides is 2.